The standard InChI is InChI=1S/C14H12BrClN2O/c1-8-3-2-4-12(17)13(8)18-14(19)9-5-6-11(16)10(15)7-9/h2-7H,17H2,1H3,(H,18,19). The van der Waals surface area contributed by atoms with Crippen LogP contribution in [-0.4, -0.2) is 5.91 Å². The number of nitrogen functional groups attached to an aromatic ring is 1. The number of carbonyl (C=O) groups is 1. The first-order chi connectivity index (χ1) is 8.99. The van der Waals surface area contributed by atoms with Crippen molar-refractivity contribution < 1.29 is 4.79 Å². The Labute approximate surface area is 124 Å². The van der Waals surface area contributed by atoms with Crippen LogP contribution >= 0.6 is 27.5 Å². The van der Waals surface area contributed by atoms with Gasteiger partial charge < -0.3 is 11.1 Å². The molecular weight excluding hydrogens is 328 g/mol. The van der Waals surface area contributed by atoms with Gasteiger partial charge in [0.25, 0.3) is 5.91 Å². The minimum atomic E-state index is -0.224. The van der Waals surface area contributed by atoms with Crippen molar-refractivity contribution >= 4 is 44.8 Å². The van der Waals surface area contributed by atoms with E-state index in [0.29, 0.717) is 26.4 Å². The zero-order valence-electron chi connectivity index (χ0n) is 10.2. The summed E-state index contributed by atoms with van der Waals surface area (Å²) in [6.45, 7) is 1.89. The Balaban J connectivity index is 2.28. The average Bonchev–Trinajstić information content (AvgIpc) is 2.37. The average molecular weight is 340 g/mol. The Morgan fingerprint density at radius 3 is 2.68 bits per heavy atom. The molecule has 0 saturated carbocycles. The summed E-state index contributed by atoms with van der Waals surface area (Å²) in [5.74, 6) is -0.224. The van der Waals surface area contributed by atoms with Crippen LogP contribution in [0.1, 0.15) is 15.9 Å². The molecule has 0 atom stereocenters. The number of anilines is 2. The van der Waals surface area contributed by atoms with Gasteiger partial charge in [0.1, 0.15) is 0 Å². The van der Waals surface area contributed by atoms with E-state index in [-0.39, 0.29) is 5.91 Å². The molecule has 19 heavy (non-hydrogen) atoms. The maximum Gasteiger partial charge on any atom is 0.255 e. The number of hydrogen-bond donors (Lipinski definition) is 2. The number of hydrogen-bond acceptors (Lipinski definition) is 2. The van der Waals surface area contributed by atoms with Crippen LogP contribution in [0.15, 0.2) is 40.9 Å². The summed E-state index contributed by atoms with van der Waals surface area (Å²) in [6.07, 6.45) is 0. The van der Waals surface area contributed by atoms with E-state index in [1.165, 1.54) is 0 Å². The highest BCUT2D eigenvalue weighted by Gasteiger charge is 2.11. The summed E-state index contributed by atoms with van der Waals surface area (Å²) in [7, 11) is 0. The van der Waals surface area contributed by atoms with E-state index in [9.17, 15) is 4.79 Å². The van der Waals surface area contributed by atoms with Gasteiger partial charge in [0.05, 0.1) is 16.4 Å². The van der Waals surface area contributed by atoms with Crippen LogP contribution in [0.5, 0.6) is 0 Å². The van der Waals surface area contributed by atoms with Gasteiger partial charge in [-0.15, -0.1) is 0 Å². The summed E-state index contributed by atoms with van der Waals surface area (Å²) < 4.78 is 0.680. The summed E-state index contributed by atoms with van der Waals surface area (Å²) >= 11 is 9.19. The predicted octanol–water partition coefficient (Wildman–Crippen LogP) is 4.25. The third kappa shape index (κ3) is 3.08. The van der Waals surface area contributed by atoms with Gasteiger partial charge in [0.2, 0.25) is 0 Å². The molecule has 0 aliphatic rings. The second-order valence-electron chi connectivity index (χ2n) is 4.12. The van der Waals surface area contributed by atoms with Crippen LogP contribution in [0.4, 0.5) is 11.4 Å². The van der Waals surface area contributed by atoms with E-state index in [4.69, 9.17) is 17.3 Å². The minimum Gasteiger partial charge on any atom is -0.397 e. The second kappa shape index (κ2) is 5.63. The Kier molecular flexibility index (Phi) is 4.12. The molecule has 3 nitrogen and oxygen atoms in total. The number of amides is 1. The van der Waals surface area contributed by atoms with Crippen LogP contribution in [-0.2, 0) is 0 Å². The summed E-state index contributed by atoms with van der Waals surface area (Å²) in [6, 6.07) is 10.5. The lowest BCUT2D eigenvalue weighted by molar-refractivity contribution is 0.102. The number of aryl methyl sites for hydroxylation is 1. The number of carbonyl (C=O) groups excluding carboxylic acids is 1. The van der Waals surface area contributed by atoms with Gasteiger partial charge in [0.15, 0.2) is 0 Å². The van der Waals surface area contributed by atoms with Crippen molar-refractivity contribution in [3.63, 3.8) is 0 Å². The van der Waals surface area contributed by atoms with Crippen molar-refractivity contribution in [2.75, 3.05) is 11.1 Å². The Morgan fingerprint density at radius 1 is 1.32 bits per heavy atom. The van der Waals surface area contributed by atoms with Gasteiger partial charge >= 0.3 is 0 Å². The van der Waals surface area contributed by atoms with Crippen molar-refractivity contribution in [2.45, 2.75) is 6.92 Å². The van der Waals surface area contributed by atoms with Gasteiger partial charge in [-0.25, -0.2) is 0 Å². The number of nitrogens with two attached hydrogens (primary N) is 1. The zero-order valence-corrected chi connectivity index (χ0v) is 12.5. The summed E-state index contributed by atoms with van der Waals surface area (Å²) in [4.78, 5) is 12.2. The van der Waals surface area contributed by atoms with E-state index in [1.807, 2.05) is 19.1 Å². The van der Waals surface area contributed by atoms with Crippen molar-refractivity contribution in [1.29, 1.82) is 0 Å². The van der Waals surface area contributed by atoms with Crippen LogP contribution in [0, 0.1) is 6.92 Å². The van der Waals surface area contributed by atoms with Gasteiger partial charge in [-0.2, -0.15) is 0 Å². The molecule has 0 aromatic heterocycles. The number of rotatable bonds is 2. The maximum atomic E-state index is 12.2. The molecule has 2 rings (SSSR count). The summed E-state index contributed by atoms with van der Waals surface area (Å²) in [5, 5.41) is 3.38. The van der Waals surface area contributed by atoms with E-state index in [2.05, 4.69) is 21.2 Å². The fourth-order valence-corrected chi connectivity index (χ4v) is 2.18. The molecule has 0 fully saturated rings. The fourth-order valence-electron chi connectivity index (χ4n) is 1.68. The normalized spacial score (nSPS) is 10.3. The van der Waals surface area contributed by atoms with Crippen molar-refractivity contribution in [3.05, 3.63) is 57.0 Å². The number of benzene rings is 2. The minimum absolute atomic E-state index is 0.224. The lowest BCUT2D eigenvalue weighted by Gasteiger charge is -2.11. The third-order valence-corrected chi connectivity index (χ3v) is 3.94. The second-order valence-corrected chi connectivity index (χ2v) is 5.38. The molecule has 2 aromatic carbocycles. The summed E-state index contributed by atoms with van der Waals surface area (Å²) in [5.41, 5.74) is 8.47. The Morgan fingerprint density at radius 2 is 2.05 bits per heavy atom. The van der Waals surface area contributed by atoms with Crippen LogP contribution in [0.25, 0.3) is 0 Å². The number of halogens is 2. The molecule has 0 radical (unpaired) electrons. The highest BCUT2D eigenvalue weighted by molar-refractivity contribution is 9.10. The van der Waals surface area contributed by atoms with Gasteiger partial charge in [-0.05, 0) is 52.7 Å². The molecule has 0 saturated heterocycles. The van der Waals surface area contributed by atoms with Crippen molar-refractivity contribution in [1.82, 2.24) is 0 Å². The molecule has 1 amide bonds. The van der Waals surface area contributed by atoms with Crippen LogP contribution in [0.2, 0.25) is 5.02 Å². The number of nitrogens with one attached hydrogen (secondary N) is 1. The third-order valence-electron chi connectivity index (χ3n) is 2.73. The molecular formula is C14H12BrClN2O. The molecule has 0 spiro atoms. The van der Waals surface area contributed by atoms with E-state index in [1.54, 1.807) is 24.3 Å². The first-order valence-electron chi connectivity index (χ1n) is 5.60. The Bertz CT molecular complexity index is 623. The molecule has 98 valence electrons. The molecule has 2 aromatic rings. The lowest BCUT2D eigenvalue weighted by atomic mass is 10.1. The Hall–Kier alpha value is -1.52. The SMILES string of the molecule is Cc1cccc(N)c1NC(=O)c1ccc(Cl)c(Br)c1. The lowest BCUT2D eigenvalue weighted by Crippen LogP contribution is -2.14. The monoisotopic (exact) mass is 338 g/mol. The van der Waals surface area contributed by atoms with Crippen molar-refractivity contribution in [3.8, 4) is 0 Å². The predicted molar refractivity (Wildman–Crippen MR) is 82.7 cm³/mol. The topological polar surface area (TPSA) is 55.1 Å². The maximum absolute atomic E-state index is 12.2. The largest absolute Gasteiger partial charge is 0.397 e. The molecule has 0 aliphatic carbocycles. The number of para-hydroxylation sites is 1. The van der Waals surface area contributed by atoms with Crippen LogP contribution < -0.4 is 11.1 Å². The van der Waals surface area contributed by atoms with E-state index >= 15 is 0 Å². The van der Waals surface area contributed by atoms with Gasteiger partial charge in [-0.1, -0.05) is 23.7 Å². The van der Waals surface area contributed by atoms with Crippen LogP contribution in [0.3, 0.4) is 0 Å². The highest BCUT2D eigenvalue weighted by atomic mass is 79.9. The quantitative estimate of drug-likeness (QED) is 0.804. The van der Waals surface area contributed by atoms with Gasteiger partial charge in [0, 0.05) is 10.0 Å². The molecule has 3 N–H and O–H groups in total. The first-order valence-corrected chi connectivity index (χ1v) is 6.77. The smallest absolute Gasteiger partial charge is 0.255 e. The van der Waals surface area contributed by atoms with E-state index < -0.39 is 0 Å². The van der Waals surface area contributed by atoms with Crippen molar-refractivity contribution in [2.24, 2.45) is 0 Å². The first kappa shape index (κ1) is 13.9. The molecule has 0 aliphatic heterocycles. The molecule has 5 heteroatoms. The fraction of sp³-hybridized carbons (Fsp3) is 0.0714. The molecule has 0 heterocycles. The van der Waals surface area contributed by atoms with Gasteiger partial charge in [-0.3, -0.25) is 4.79 Å². The molecule has 0 unspecified atom stereocenters. The van der Waals surface area contributed by atoms with E-state index in [0.717, 1.165) is 5.56 Å². The highest BCUT2D eigenvalue weighted by Crippen LogP contribution is 2.26. The molecule has 0 bridgehead atoms. The zero-order chi connectivity index (χ0) is 14.0.